The Hall–Kier alpha value is -1.90. The molecular weight excluding hydrogens is 297 g/mol. The van der Waals surface area contributed by atoms with Gasteiger partial charge in [0.2, 0.25) is 5.82 Å². The van der Waals surface area contributed by atoms with Gasteiger partial charge in [-0.1, -0.05) is 16.8 Å². The minimum atomic E-state index is -4.62. The number of anilines is 1. The van der Waals surface area contributed by atoms with Gasteiger partial charge < -0.3 is 5.32 Å². The molecule has 0 aliphatic carbocycles. The number of nitrogens with zero attached hydrogens (tertiary/aromatic N) is 5. The summed E-state index contributed by atoms with van der Waals surface area (Å²) >= 11 is 5.54. The minimum Gasteiger partial charge on any atom is -0.370 e. The number of halogens is 4. The molecule has 2 heterocycles. The van der Waals surface area contributed by atoms with E-state index in [9.17, 15) is 13.2 Å². The highest BCUT2D eigenvalue weighted by Gasteiger charge is 2.35. The lowest BCUT2D eigenvalue weighted by Gasteiger charge is -2.09. The Balaban J connectivity index is 1.91. The van der Waals surface area contributed by atoms with Gasteiger partial charge >= 0.3 is 6.18 Å². The Bertz CT molecular complexity index is 557. The summed E-state index contributed by atoms with van der Waals surface area (Å²) < 4.78 is 39.1. The maximum Gasteiger partial charge on any atom is 0.451 e. The molecule has 0 radical (unpaired) electrons. The average molecular weight is 307 g/mol. The summed E-state index contributed by atoms with van der Waals surface area (Å²) in [6, 6.07) is 1.24. The third-order valence-electron chi connectivity index (χ3n) is 2.29. The molecule has 20 heavy (non-hydrogen) atoms. The predicted molar refractivity (Wildman–Crippen MR) is 65.2 cm³/mol. The first-order valence-electron chi connectivity index (χ1n) is 5.65. The van der Waals surface area contributed by atoms with Gasteiger partial charge in [-0.05, 0) is 6.42 Å². The minimum absolute atomic E-state index is 0.0379. The first-order chi connectivity index (χ1) is 9.45. The van der Waals surface area contributed by atoms with Crippen LogP contribution in [-0.2, 0) is 12.7 Å². The quantitative estimate of drug-likeness (QED) is 0.678. The molecule has 0 aliphatic heterocycles. The summed E-state index contributed by atoms with van der Waals surface area (Å²) in [6.45, 7) is 1.02. The molecule has 2 aromatic heterocycles. The van der Waals surface area contributed by atoms with Gasteiger partial charge in [0.15, 0.2) is 0 Å². The molecule has 0 amide bonds. The Labute approximate surface area is 117 Å². The summed E-state index contributed by atoms with van der Waals surface area (Å²) in [6.07, 6.45) is -0.731. The van der Waals surface area contributed by atoms with Crippen molar-refractivity contribution in [2.45, 2.75) is 19.1 Å². The largest absolute Gasteiger partial charge is 0.451 e. The summed E-state index contributed by atoms with van der Waals surface area (Å²) in [5, 5.41) is 9.91. The lowest BCUT2D eigenvalue weighted by atomic mass is 10.4. The van der Waals surface area contributed by atoms with Gasteiger partial charge in [0.25, 0.3) is 0 Å². The molecule has 0 fully saturated rings. The Morgan fingerprint density at radius 2 is 2.10 bits per heavy atom. The van der Waals surface area contributed by atoms with Crippen LogP contribution in [0.2, 0.25) is 5.15 Å². The van der Waals surface area contributed by atoms with Gasteiger partial charge in [0.1, 0.15) is 11.0 Å². The lowest BCUT2D eigenvalue weighted by molar-refractivity contribution is -0.144. The third kappa shape index (κ3) is 4.05. The van der Waals surface area contributed by atoms with Crippen molar-refractivity contribution in [1.82, 2.24) is 25.0 Å². The highest BCUT2D eigenvalue weighted by atomic mass is 35.5. The number of hydrogen-bond donors (Lipinski definition) is 1. The Morgan fingerprint density at radius 1 is 1.30 bits per heavy atom. The molecule has 0 spiro atoms. The molecule has 0 aliphatic rings. The molecule has 0 unspecified atom stereocenters. The van der Waals surface area contributed by atoms with E-state index < -0.39 is 12.0 Å². The van der Waals surface area contributed by atoms with Crippen LogP contribution in [0.4, 0.5) is 19.0 Å². The van der Waals surface area contributed by atoms with Crippen LogP contribution in [0.3, 0.4) is 0 Å². The number of rotatable bonds is 5. The fourth-order valence-electron chi connectivity index (χ4n) is 1.44. The van der Waals surface area contributed by atoms with Crippen molar-refractivity contribution in [2.24, 2.45) is 0 Å². The van der Waals surface area contributed by atoms with E-state index in [0.717, 1.165) is 0 Å². The second-order valence-corrected chi connectivity index (χ2v) is 4.23. The van der Waals surface area contributed by atoms with Crippen LogP contribution in [0.15, 0.2) is 18.5 Å². The molecule has 0 aromatic carbocycles. The van der Waals surface area contributed by atoms with Crippen molar-refractivity contribution in [3.8, 4) is 0 Å². The fourth-order valence-corrected chi connectivity index (χ4v) is 1.63. The second kappa shape index (κ2) is 6.04. The first kappa shape index (κ1) is 14.5. The number of aromatic nitrogens is 5. The molecule has 0 atom stereocenters. The highest BCUT2D eigenvalue weighted by Crippen LogP contribution is 2.28. The number of nitrogens with one attached hydrogen (secondary N) is 1. The number of hydrogen-bond acceptors (Lipinski definition) is 5. The predicted octanol–water partition coefficient (Wildman–Crippen LogP) is 2.24. The van der Waals surface area contributed by atoms with Gasteiger partial charge in [0.05, 0.1) is 6.20 Å². The van der Waals surface area contributed by atoms with Crippen LogP contribution in [0.1, 0.15) is 12.2 Å². The van der Waals surface area contributed by atoms with E-state index in [2.05, 4.69) is 25.6 Å². The summed E-state index contributed by atoms with van der Waals surface area (Å²) in [7, 11) is 0. The molecule has 2 rings (SSSR count). The zero-order valence-electron chi connectivity index (χ0n) is 10.1. The van der Waals surface area contributed by atoms with E-state index in [1.807, 2.05) is 0 Å². The highest BCUT2D eigenvalue weighted by molar-refractivity contribution is 6.29. The molecule has 1 N–H and O–H groups in total. The van der Waals surface area contributed by atoms with E-state index >= 15 is 0 Å². The third-order valence-corrected chi connectivity index (χ3v) is 2.48. The zero-order valence-corrected chi connectivity index (χ0v) is 10.9. The molecule has 6 nitrogen and oxygen atoms in total. The fraction of sp³-hybridized carbons (Fsp3) is 0.400. The SMILES string of the molecule is FC(F)(F)c1nc(Cl)cc(NCCCn2ccnn2)n1. The van der Waals surface area contributed by atoms with Crippen LogP contribution in [0.5, 0.6) is 0 Å². The van der Waals surface area contributed by atoms with Crippen LogP contribution in [-0.4, -0.2) is 31.5 Å². The lowest BCUT2D eigenvalue weighted by Crippen LogP contribution is -2.14. The van der Waals surface area contributed by atoms with Crippen molar-refractivity contribution in [3.05, 3.63) is 29.4 Å². The number of aryl methyl sites for hydroxylation is 1. The van der Waals surface area contributed by atoms with Gasteiger partial charge in [-0.15, -0.1) is 5.10 Å². The molecule has 0 saturated heterocycles. The first-order valence-corrected chi connectivity index (χ1v) is 6.03. The maximum absolute atomic E-state index is 12.5. The summed E-state index contributed by atoms with van der Waals surface area (Å²) in [5.74, 6) is -1.22. The van der Waals surface area contributed by atoms with E-state index in [0.29, 0.717) is 19.5 Å². The van der Waals surface area contributed by atoms with Crippen molar-refractivity contribution in [1.29, 1.82) is 0 Å². The zero-order chi connectivity index (χ0) is 14.6. The molecular formula is C10H10ClF3N6. The topological polar surface area (TPSA) is 68.5 Å². The van der Waals surface area contributed by atoms with E-state index in [4.69, 9.17) is 11.6 Å². The van der Waals surface area contributed by atoms with E-state index in [1.54, 1.807) is 17.1 Å². The molecule has 0 saturated carbocycles. The van der Waals surface area contributed by atoms with E-state index in [-0.39, 0.29) is 11.0 Å². The van der Waals surface area contributed by atoms with Crippen molar-refractivity contribution < 1.29 is 13.2 Å². The van der Waals surface area contributed by atoms with Gasteiger partial charge in [0, 0.05) is 25.4 Å². The summed E-state index contributed by atoms with van der Waals surface area (Å²) in [4.78, 5) is 6.51. The maximum atomic E-state index is 12.5. The monoisotopic (exact) mass is 306 g/mol. The molecule has 0 bridgehead atoms. The number of alkyl halides is 3. The molecule has 108 valence electrons. The van der Waals surface area contributed by atoms with Crippen LogP contribution in [0, 0.1) is 0 Å². The standard InChI is InChI=1S/C10H10ClF3N6/c11-7-6-8(18-9(17-7)10(12,13)14)15-2-1-4-20-5-3-16-19-20/h3,5-6H,1-2,4H2,(H,15,17,18). The molecule has 10 heteroatoms. The van der Waals surface area contributed by atoms with Gasteiger partial charge in [-0.25, -0.2) is 9.97 Å². The van der Waals surface area contributed by atoms with Crippen molar-refractivity contribution in [2.75, 3.05) is 11.9 Å². The normalized spacial score (nSPS) is 11.6. The summed E-state index contributed by atoms with van der Waals surface area (Å²) in [5.41, 5.74) is 0. The Morgan fingerprint density at radius 3 is 2.75 bits per heavy atom. The van der Waals surface area contributed by atoms with Gasteiger partial charge in [-0.2, -0.15) is 13.2 Å². The van der Waals surface area contributed by atoms with E-state index in [1.165, 1.54) is 6.07 Å². The average Bonchev–Trinajstić information content (AvgIpc) is 2.86. The second-order valence-electron chi connectivity index (χ2n) is 3.84. The molecule has 2 aromatic rings. The van der Waals surface area contributed by atoms with Crippen LogP contribution >= 0.6 is 11.6 Å². The van der Waals surface area contributed by atoms with Crippen LogP contribution < -0.4 is 5.32 Å². The van der Waals surface area contributed by atoms with Crippen molar-refractivity contribution in [3.63, 3.8) is 0 Å². The van der Waals surface area contributed by atoms with Gasteiger partial charge in [-0.3, -0.25) is 4.68 Å². The Kier molecular flexibility index (Phi) is 4.38. The van der Waals surface area contributed by atoms with Crippen molar-refractivity contribution >= 4 is 17.4 Å². The van der Waals surface area contributed by atoms with Crippen LogP contribution in [0.25, 0.3) is 0 Å². The smallest absolute Gasteiger partial charge is 0.370 e.